The van der Waals surface area contributed by atoms with Crippen LogP contribution in [0, 0.1) is 6.92 Å². The Hall–Kier alpha value is -2.30. The molecule has 0 atom stereocenters. The van der Waals surface area contributed by atoms with Gasteiger partial charge >= 0.3 is 0 Å². The summed E-state index contributed by atoms with van der Waals surface area (Å²) in [5.41, 5.74) is 10.3. The highest BCUT2D eigenvalue weighted by Gasteiger charge is 2.18. The van der Waals surface area contributed by atoms with Gasteiger partial charge in [0, 0.05) is 46.3 Å². The van der Waals surface area contributed by atoms with Gasteiger partial charge in [-0.25, -0.2) is 4.98 Å². The number of anilines is 2. The fraction of sp³-hybridized carbons (Fsp3) is 0.211. The summed E-state index contributed by atoms with van der Waals surface area (Å²) >= 11 is 6.47. The second kappa shape index (κ2) is 5.96. The predicted molar refractivity (Wildman–Crippen MR) is 102 cm³/mol. The Balaban J connectivity index is 1.92. The van der Waals surface area contributed by atoms with E-state index in [9.17, 15) is 0 Å². The first-order chi connectivity index (χ1) is 11.6. The summed E-state index contributed by atoms with van der Waals surface area (Å²) in [6.45, 7) is 4.02. The molecule has 5 heteroatoms. The lowest BCUT2D eigenvalue weighted by Crippen LogP contribution is -2.51. The van der Waals surface area contributed by atoms with Gasteiger partial charge in [0.25, 0.3) is 0 Å². The molecule has 4 rings (SSSR count). The van der Waals surface area contributed by atoms with Crippen LogP contribution >= 0.6 is 11.6 Å². The number of fused-ring (bicyclic) bond motifs is 1. The molecule has 0 radical (unpaired) electrons. The molecule has 0 unspecified atom stereocenters. The minimum Gasteiger partial charge on any atom is -0.384 e. The third kappa shape index (κ3) is 2.68. The zero-order chi connectivity index (χ0) is 16.7. The van der Waals surface area contributed by atoms with Crippen LogP contribution in [-0.4, -0.2) is 24.1 Å². The lowest BCUT2D eigenvalue weighted by Gasteiger charge is -2.30. The zero-order valence-electron chi connectivity index (χ0n) is 13.4. The van der Waals surface area contributed by atoms with Crippen molar-refractivity contribution in [1.82, 2.24) is 10.3 Å². The van der Waals surface area contributed by atoms with Crippen LogP contribution in [0.5, 0.6) is 0 Å². The van der Waals surface area contributed by atoms with E-state index in [4.69, 9.17) is 17.3 Å². The van der Waals surface area contributed by atoms with E-state index >= 15 is 0 Å². The van der Waals surface area contributed by atoms with Gasteiger partial charge in [-0.3, -0.25) is 0 Å². The van der Waals surface area contributed by atoms with E-state index in [2.05, 4.69) is 40.7 Å². The molecule has 0 amide bonds. The third-order valence-electron chi connectivity index (χ3n) is 4.51. The molecule has 4 N–H and O–H groups in total. The standard InChI is InChI=1S/C19H19ClN4/c1-11-3-2-4-16(20)19(11)12-5-13-8-23-18(21)7-15(13)17(6-12)24-14-9-22-10-14/h2-8,14,22,24H,9-10H2,1H3,(H2,21,23). The van der Waals surface area contributed by atoms with Crippen molar-refractivity contribution in [2.45, 2.75) is 13.0 Å². The van der Waals surface area contributed by atoms with Crippen molar-refractivity contribution in [3.63, 3.8) is 0 Å². The number of nitrogen functional groups attached to an aromatic ring is 1. The molecule has 0 aliphatic carbocycles. The minimum absolute atomic E-state index is 0.435. The topological polar surface area (TPSA) is 63.0 Å². The second-order valence-electron chi connectivity index (χ2n) is 6.29. The van der Waals surface area contributed by atoms with E-state index < -0.39 is 0 Å². The number of aryl methyl sites for hydroxylation is 1. The number of aromatic nitrogens is 1. The van der Waals surface area contributed by atoms with Crippen molar-refractivity contribution in [1.29, 1.82) is 0 Å². The summed E-state index contributed by atoms with van der Waals surface area (Å²) in [7, 11) is 0. The van der Waals surface area contributed by atoms with E-state index in [1.54, 1.807) is 0 Å². The number of hydrogen-bond donors (Lipinski definition) is 3. The fourth-order valence-electron chi connectivity index (χ4n) is 3.14. The molecule has 3 aromatic rings. The molecule has 122 valence electrons. The van der Waals surface area contributed by atoms with Crippen molar-refractivity contribution in [3.8, 4) is 11.1 Å². The number of nitrogens with one attached hydrogen (secondary N) is 2. The first-order valence-corrected chi connectivity index (χ1v) is 8.41. The average molecular weight is 339 g/mol. The average Bonchev–Trinajstić information content (AvgIpc) is 2.51. The molecular weight excluding hydrogens is 320 g/mol. The first-order valence-electron chi connectivity index (χ1n) is 8.04. The minimum atomic E-state index is 0.435. The summed E-state index contributed by atoms with van der Waals surface area (Å²) < 4.78 is 0. The van der Waals surface area contributed by atoms with Crippen LogP contribution in [0.3, 0.4) is 0 Å². The van der Waals surface area contributed by atoms with E-state index in [1.807, 2.05) is 24.4 Å². The molecule has 4 nitrogen and oxygen atoms in total. The van der Waals surface area contributed by atoms with Gasteiger partial charge in [0.15, 0.2) is 0 Å². The Morgan fingerprint density at radius 3 is 2.79 bits per heavy atom. The van der Waals surface area contributed by atoms with Gasteiger partial charge in [-0.1, -0.05) is 23.7 Å². The lowest BCUT2D eigenvalue weighted by molar-refractivity contribution is 0.472. The number of halogens is 1. The summed E-state index contributed by atoms with van der Waals surface area (Å²) in [5, 5.41) is 9.79. The van der Waals surface area contributed by atoms with Crippen LogP contribution in [0.15, 0.2) is 42.6 Å². The summed E-state index contributed by atoms with van der Waals surface area (Å²) in [4.78, 5) is 4.25. The molecule has 1 aromatic heterocycles. The highest BCUT2D eigenvalue weighted by Crippen LogP contribution is 2.36. The largest absolute Gasteiger partial charge is 0.384 e. The Morgan fingerprint density at radius 1 is 1.25 bits per heavy atom. The molecule has 2 heterocycles. The first kappa shape index (κ1) is 15.2. The Morgan fingerprint density at radius 2 is 2.08 bits per heavy atom. The van der Waals surface area contributed by atoms with Crippen molar-refractivity contribution in [2.24, 2.45) is 0 Å². The van der Waals surface area contributed by atoms with E-state index in [0.29, 0.717) is 11.9 Å². The highest BCUT2D eigenvalue weighted by atomic mass is 35.5. The normalized spacial score (nSPS) is 14.6. The molecule has 2 aromatic carbocycles. The van der Waals surface area contributed by atoms with Gasteiger partial charge in [-0.2, -0.15) is 0 Å². The van der Waals surface area contributed by atoms with Crippen LogP contribution in [0.25, 0.3) is 21.9 Å². The van der Waals surface area contributed by atoms with Gasteiger partial charge in [-0.15, -0.1) is 0 Å². The predicted octanol–water partition coefficient (Wildman–Crippen LogP) is 3.83. The highest BCUT2D eigenvalue weighted by molar-refractivity contribution is 6.33. The fourth-order valence-corrected chi connectivity index (χ4v) is 3.48. The van der Waals surface area contributed by atoms with Gasteiger partial charge in [0.2, 0.25) is 0 Å². The molecule has 1 aliphatic rings. The van der Waals surface area contributed by atoms with Crippen LogP contribution in [0.4, 0.5) is 11.5 Å². The number of benzene rings is 2. The smallest absolute Gasteiger partial charge is 0.123 e. The van der Waals surface area contributed by atoms with E-state index in [-0.39, 0.29) is 0 Å². The third-order valence-corrected chi connectivity index (χ3v) is 4.82. The van der Waals surface area contributed by atoms with Crippen LogP contribution in [0.2, 0.25) is 5.02 Å². The Bertz CT molecular complexity index is 898. The van der Waals surface area contributed by atoms with Gasteiger partial charge in [0.05, 0.1) is 6.04 Å². The van der Waals surface area contributed by atoms with Crippen molar-refractivity contribution in [2.75, 3.05) is 24.1 Å². The number of hydrogen-bond acceptors (Lipinski definition) is 4. The maximum Gasteiger partial charge on any atom is 0.123 e. The zero-order valence-corrected chi connectivity index (χ0v) is 14.2. The van der Waals surface area contributed by atoms with Crippen molar-refractivity contribution >= 4 is 33.9 Å². The maximum atomic E-state index is 6.47. The Kier molecular flexibility index (Phi) is 3.79. The van der Waals surface area contributed by atoms with Crippen LogP contribution in [0.1, 0.15) is 5.56 Å². The summed E-state index contributed by atoms with van der Waals surface area (Å²) in [6, 6.07) is 12.6. The van der Waals surface area contributed by atoms with Crippen LogP contribution < -0.4 is 16.4 Å². The van der Waals surface area contributed by atoms with E-state index in [1.165, 1.54) is 0 Å². The SMILES string of the molecule is Cc1cccc(Cl)c1-c1cc(NC2CNC2)c2cc(N)ncc2c1. The quantitative estimate of drug-likeness (QED) is 0.679. The maximum absolute atomic E-state index is 6.47. The Labute approximate surface area is 146 Å². The van der Waals surface area contributed by atoms with Crippen molar-refractivity contribution in [3.05, 3.63) is 53.2 Å². The van der Waals surface area contributed by atoms with E-state index in [0.717, 1.165) is 51.3 Å². The van der Waals surface area contributed by atoms with Gasteiger partial charge in [0.1, 0.15) is 5.82 Å². The molecule has 0 saturated carbocycles. The summed E-state index contributed by atoms with van der Waals surface area (Å²) in [6.07, 6.45) is 1.82. The summed E-state index contributed by atoms with van der Waals surface area (Å²) in [5.74, 6) is 0.527. The molecule has 1 aliphatic heterocycles. The van der Waals surface area contributed by atoms with Crippen molar-refractivity contribution < 1.29 is 0 Å². The number of nitrogens with zero attached hydrogens (tertiary/aromatic N) is 1. The second-order valence-corrected chi connectivity index (χ2v) is 6.69. The molecular formula is C19H19ClN4. The molecule has 24 heavy (non-hydrogen) atoms. The van der Waals surface area contributed by atoms with Gasteiger partial charge < -0.3 is 16.4 Å². The molecule has 0 spiro atoms. The molecule has 0 bridgehead atoms. The monoisotopic (exact) mass is 338 g/mol. The van der Waals surface area contributed by atoms with Crippen LogP contribution in [-0.2, 0) is 0 Å². The molecule has 1 saturated heterocycles. The number of pyridine rings is 1. The lowest BCUT2D eigenvalue weighted by atomic mass is 9.96. The molecule has 1 fully saturated rings. The number of nitrogens with two attached hydrogens (primary N) is 1. The van der Waals surface area contributed by atoms with Gasteiger partial charge in [-0.05, 0) is 42.3 Å². The number of rotatable bonds is 3.